The lowest BCUT2D eigenvalue weighted by atomic mass is 10.2. The number of hydrogen-bond donors (Lipinski definition) is 3. The number of hydrogen-bond acceptors (Lipinski definition) is 5. The Kier molecular flexibility index (Phi) is 5.11. The smallest absolute Gasteiger partial charge is 0.251 e. The molecule has 2 amide bonds. The molecule has 0 saturated carbocycles. The molecule has 1 saturated heterocycles. The van der Waals surface area contributed by atoms with E-state index >= 15 is 0 Å². The Morgan fingerprint density at radius 3 is 2.86 bits per heavy atom. The molecule has 1 aliphatic rings. The minimum atomic E-state index is -3.80. The van der Waals surface area contributed by atoms with Gasteiger partial charge in [-0.3, -0.25) is 9.59 Å². The number of piperazine rings is 1. The Labute approximate surface area is 128 Å². The van der Waals surface area contributed by atoms with E-state index in [9.17, 15) is 18.0 Å². The molecular weight excluding hydrogens is 308 g/mol. The van der Waals surface area contributed by atoms with Gasteiger partial charge >= 0.3 is 0 Å². The average Bonchev–Trinajstić information content (AvgIpc) is 2.52. The summed E-state index contributed by atoms with van der Waals surface area (Å²) in [5, 5.41) is 5.14. The largest absolute Gasteiger partial charge is 0.354 e. The summed E-state index contributed by atoms with van der Waals surface area (Å²) in [6.45, 7) is 0.868. The number of benzene rings is 1. The first kappa shape index (κ1) is 16.4. The molecule has 1 aromatic carbocycles. The van der Waals surface area contributed by atoms with E-state index in [2.05, 4.69) is 10.6 Å². The van der Waals surface area contributed by atoms with Crippen molar-refractivity contribution in [2.75, 3.05) is 32.7 Å². The second-order valence-corrected chi connectivity index (χ2v) is 6.70. The predicted octanol–water partition coefficient (Wildman–Crippen LogP) is -1.50. The van der Waals surface area contributed by atoms with Crippen molar-refractivity contribution in [3.05, 3.63) is 29.8 Å². The van der Waals surface area contributed by atoms with Crippen LogP contribution in [0.1, 0.15) is 10.4 Å². The van der Waals surface area contributed by atoms with E-state index in [1.807, 2.05) is 0 Å². The fraction of sp³-hybridized carbons (Fsp3) is 0.385. The van der Waals surface area contributed by atoms with Gasteiger partial charge < -0.3 is 16.4 Å². The highest BCUT2D eigenvalue weighted by molar-refractivity contribution is 7.89. The van der Waals surface area contributed by atoms with Crippen LogP contribution < -0.4 is 16.4 Å². The molecule has 0 unspecified atom stereocenters. The number of amides is 2. The molecule has 0 aromatic heterocycles. The summed E-state index contributed by atoms with van der Waals surface area (Å²) in [7, 11) is -3.80. The van der Waals surface area contributed by atoms with E-state index in [0.717, 1.165) is 4.31 Å². The molecular formula is C13H18N4O4S. The van der Waals surface area contributed by atoms with Gasteiger partial charge in [0.05, 0.1) is 11.4 Å². The molecule has 2 rings (SSSR count). The maximum atomic E-state index is 12.5. The van der Waals surface area contributed by atoms with Crippen molar-refractivity contribution in [2.24, 2.45) is 5.73 Å². The first-order valence-corrected chi connectivity index (χ1v) is 8.24. The van der Waals surface area contributed by atoms with Crippen LogP contribution in [0.4, 0.5) is 0 Å². The Bertz CT molecular complexity index is 674. The van der Waals surface area contributed by atoms with Crippen molar-refractivity contribution in [3.8, 4) is 0 Å². The van der Waals surface area contributed by atoms with Crippen LogP contribution >= 0.6 is 0 Å². The Morgan fingerprint density at radius 2 is 2.18 bits per heavy atom. The van der Waals surface area contributed by atoms with E-state index in [1.54, 1.807) is 0 Å². The minimum absolute atomic E-state index is 0.0115. The highest BCUT2D eigenvalue weighted by Gasteiger charge is 2.29. The first-order valence-electron chi connectivity index (χ1n) is 6.80. The summed E-state index contributed by atoms with van der Waals surface area (Å²) in [6.07, 6.45) is 0. The van der Waals surface area contributed by atoms with Crippen LogP contribution in [-0.2, 0) is 14.8 Å². The summed E-state index contributed by atoms with van der Waals surface area (Å²) in [5.74, 6) is -0.731. The molecule has 120 valence electrons. The van der Waals surface area contributed by atoms with Gasteiger partial charge in [-0.1, -0.05) is 6.07 Å². The fourth-order valence-electron chi connectivity index (χ4n) is 2.05. The van der Waals surface area contributed by atoms with Gasteiger partial charge in [-0.15, -0.1) is 0 Å². The van der Waals surface area contributed by atoms with Crippen molar-refractivity contribution in [1.82, 2.24) is 14.9 Å². The standard InChI is InChI=1S/C13H18N4O4S/c14-4-5-16-13(19)10-2-1-3-11(8-10)22(20,21)17-7-6-15-12(18)9-17/h1-3,8H,4-7,9,14H2,(H,15,18)(H,16,19). The van der Waals surface area contributed by atoms with E-state index < -0.39 is 10.0 Å². The lowest BCUT2D eigenvalue weighted by Crippen LogP contribution is -2.49. The molecule has 9 heteroatoms. The zero-order chi connectivity index (χ0) is 16.2. The van der Waals surface area contributed by atoms with Gasteiger partial charge in [-0.25, -0.2) is 8.42 Å². The normalized spacial score (nSPS) is 16.1. The van der Waals surface area contributed by atoms with Crippen LogP contribution in [-0.4, -0.2) is 57.3 Å². The number of nitrogens with two attached hydrogens (primary N) is 1. The number of sulfonamides is 1. The maximum absolute atomic E-state index is 12.5. The Morgan fingerprint density at radius 1 is 1.41 bits per heavy atom. The molecule has 1 fully saturated rings. The van der Waals surface area contributed by atoms with Crippen molar-refractivity contribution in [1.29, 1.82) is 0 Å². The molecule has 0 bridgehead atoms. The van der Waals surface area contributed by atoms with Crippen LogP contribution in [0, 0.1) is 0 Å². The Balaban J connectivity index is 2.24. The van der Waals surface area contributed by atoms with E-state index in [4.69, 9.17) is 5.73 Å². The maximum Gasteiger partial charge on any atom is 0.251 e. The lowest BCUT2D eigenvalue weighted by Gasteiger charge is -2.26. The zero-order valence-corrected chi connectivity index (χ0v) is 12.7. The number of carbonyl (C=O) groups excluding carboxylic acids is 2. The van der Waals surface area contributed by atoms with Crippen LogP contribution in [0.2, 0.25) is 0 Å². The molecule has 0 spiro atoms. The lowest BCUT2D eigenvalue weighted by molar-refractivity contribution is -0.122. The number of nitrogens with one attached hydrogen (secondary N) is 2. The molecule has 4 N–H and O–H groups in total. The summed E-state index contributed by atoms with van der Waals surface area (Å²) in [4.78, 5) is 23.2. The van der Waals surface area contributed by atoms with Gasteiger partial charge in [-0.2, -0.15) is 4.31 Å². The zero-order valence-electron chi connectivity index (χ0n) is 11.9. The van der Waals surface area contributed by atoms with Crippen LogP contribution in [0.5, 0.6) is 0 Å². The highest BCUT2D eigenvalue weighted by atomic mass is 32.2. The van der Waals surface area contributed by atoms with Gasteiger partial charge in [0.2, 0.25) is 15.9 Å². The highest BCUT2D eigenvalue weighted by Crippen LogP contribution is 2.17. The molecule has 1 aromatic rings. The molecule has 1 heterocycles. The quantitative estimate of drug-likeness (QED) is 0.608. The fourth-order valence-corrected chi connectivity index (χ4v) is 3.50. The summed E-state index contributed by atoms with van der Waals surface area (Å²) >= 11 is 0. The second kappa shape index (κ2) is 6.86. The molecule has 1 aliphatic heterocycles. The van der Waals surface area contributed by atoms with Crippen LogP contribution in [0.15, 0.2) is 29.2 Å². The number of rotatable bonds is 5. The molecule has 22 heavy (non-hydrogen) atoms. The summed E-state index contributed by atoms with van der Waals surface area (Å²) < 4.78 is 26.1. The van der Waals surface area contributed by atoms with Gasteiger partial charge in [-0.05, 0) is 18.2 Å². The average molecular weight is 326 g/mol. The predicted molar refractivity (Wildman–Crippen MR) is 79.6 cm³/mol. The number of nitrogens with zero attached hydrogens (tertiary/aromatic N) is 1. The minimum Gasteiger partial charge on any atom is -0.354 e. The van der Waals surface area contributed by atoms with Crippen LogP contribution in [0.25, 0.3) is 0 Å². The summed E-state index contributed by atoms with van der Waals surface area (Å²) in [6, 6.07) is 5.72. The van der Waals surface area contributed by atoms with Crippen molar-refractivity contribution in [2.45, 2.75) is 4.90 Å². The second-order valence-electron chi connectivity index (χ2n) is 4.76. The SMILES string of the molecule is NCCNC(=O)c1cccc(S(=O)(=O)N2CCNC(=O)C2)c1. The summed E-state index contributed by atoms with van der Waals surface area (Å²) in [5.41, 5.74) is 5.54. The van der Waals surface area contributed by atoms with Gasteiger partial charge in [0.25, 0.3) is 5.91 Å². The Hall–Kier alpha value is -1.97. The van der Waals surface area contributed by atoms with Gasteiger partial charge in [0.15, 0.2) is 0 Å². The monoisotopic (exact) mass is 326 g/mol. The first-order chi connectivity index (χ1) is 10.4. The van der Waals surface area contributed by atoms with Crippen molar-refractivity contribution < 1.29 is 18.0 Å². The third kappa shape index (κ3) is 3.62. The molecule has 8 nitrogen and oxygen atoms in total. The third-order valence-corrected chi connectivity index (χ3v) is 5.01. The van der Waals surface area contributed by atoms with Crippen molar-refractivity contribution >= 4 is 21.8 Å². The van der Waals surface area contributed by atoms with Crippen molar-refractivity contribution in [3.63, 3.8) is 0 Å². The van der Waals surface area contributed by atoms with E-state index in [0.29, 0.717) is 13.1 Å². The number of carbonyl (C=O) groups is 2. The van der Waals surface area contributed by atoms with E-state index in [1.165, 1.54) is 24.3 Å². The molecule has 0 atom stereocenters. The third-order valence-electron chi connectivity index (χ3n) is 3.17. The van der Waals surface area contributed by atoms with Gasteiger partial charge in [0.1, 0.15) is 0 Å². The molecule has 0 aliphatic carbocycles. The van der Waals surface area contributed by atoms with Crippen LogP contribution in [0.3, 0.4) is 0 Å². The van der Waals surface area contributed by atoms with Gasteiger partial charge in [0, 0.05) is 31.7 Å². The molecule has 0 radical (unpaired) electrons. The topological polar surface area (TPSA) is 122 Å². The van der Waals surface area contributed by atoms with E-state index in [-0.39, 0.29) is 41.9 Å².